The zero-order valence-corrected chi connectivity index (χ0v) is 13.8. The lowest BCUT2D eigenvalue weighted by atomic mass is 10.1. The number of carbonyl (C=O) groups excluding carboxylic acids is 1. The van der Waals surface area contributed by atoms with Gasteiger partial charge in [-0.25, -0.2) is 9.59 Å². The van der Waals surface area contributed by atoms with Gasteiger partial charge in [0.05, 0.1) is 0 Å². The van der Waals surface area contributed by atoms with Crippen molar-refractivity contribution < 1.29 is 19.4 Å². The fourth-order valence-corrected chi connectivity index (χ4v) is 2.23. The number of carboxylic acid groups (broad SMARTS) is 1. The van der Waals surface area contributed by atoms with Crippen LogP contribution in [0.5, 0.6) is 0 Å². The summed E-state index contributed by atoms with van der Waals surface area (Å²) in [6, 6.07) is 15.4. The predicted molar refractivity (Wildman–Crippen MR) is 89.0 cm³/mol. The van der Waals surface area contributed by atoms with Gasteiger partial charge in [-0.05, 0) is 23.3 Å². The second-order valence-corrected chi connectivity index (χ2v) is 5.84. The van der Waals surface area contributed by atoms with Crippen molar-refractivity contribution in [3.8, 4) is 0 Å². The molecule has 0 aliphatic rings. The molecule has 0 saturated carbocycles. The summed E-state index contributed by atoms with van der Waals surface area (Å²) in [6.45, 7) is 0.0945. The highest BCUT2D eigenvalue weighted by Crippen LogP contribution is 2.12. The van der Waals surface area contributed by atoms with E-state index in [0.29, 0.717) is 0 Å². The highest BCUT2D eigenvalue weighted by atomic mass is 79.9. The Hall–Kier alpha value is -2.34. The Kier molecular flexibility index (Phi) is 6.17. The van der Waals surface area contributed by atoms with E-state index in [1.165, 1.54) is 0 Å². The molecule has 0 bridgehead atoms. The molecule has 5 nitrogen and oxygen atoms in total. The largest absolute Gasteiger partial charge is 0.480 e. The summed E-state index contributed by atoms with van der Waals surface area (Å²) >= 11 is 3.32. The number of nitrogens with one attached hydrogen (secondary N) is 1. The summed E-state index contributed by atoms with van der Waals surface area (Å²) < 4.78 is 5.95. The monoisotopic (exact) mass is 377 g/mol. The number of amides is 1. The number of hydrogen-bond donors (Lipinski definition) is 2. The number of ether oxygens (including phenoxy) is 1. The van der Waals surface area contributed by atoms with Crippen LogP contribution in [0.3, 0.4) is 0 Å². The van der Waals surface area contributed by atoms with Gasteiger partial charge in [-0.15, -0.1) is 0 Å². The highest BCUT2D eigenvalue weighted by Gasteiger charge is 2.21. The number of aliphatic carboxylic acids is 1. The smallest absolute Gasteiger partial charge is 0.408 e. The third kappa shape index (κ3) is 5.75. The topological polar surface area (TPSA) is 75.6 Å². The van der Waals surface area contributed by atoms with Crippen LogP contribution in [0.2, 0.25) is 0 Å². The Morgan fingerprint density at radius 1 is 1.04 bits per heavy atom. The lowest BCUT2D eigenvalue weighted by Gasteiger charge is -2.15. The summed E-state index contributed by atoms with van der Waals surface area (Å²) in [5.41, 5.74) is 1.64. The van der Waals surface area contributed by atoms with Gasteiger partial charge in [0.25, 0.3) is 0 Å². The molecular formula is C17H16BrNO4. The van der Waals surface area contributed by atoms with Gasteiger partial charge >= 0.3 is 12.1 Å². The molecule has 2 rings (SSSR count). The number of carboxylic acids is 1. The van der Waals surface area contributed by atoms with Crippen molar-refractivity contribution >= 4 is 28.0 Å². The van der Waals surface area contributed by atoms with Crippen molar-refractivity contribution in [3.05, 3.63) is 70.2 Å². The number of carbonyl (C=O) groups is 2. The van der Waals surface area contributed by atoms with Gasteiger partial charge < -0.3 is 15.2 Å². The van der Waals surface area contributed by atoms with Gasteiger partial charge in [0.1, 0.15) is 12.6 Å². The van der Waals surface area contributed by atoms with Gasteiger partial charge in [0, 0.05) is 10.9 Å². The van der Waals surface area contributed by atoms with Crippen LogP contribution in [0, 0.1) is 0 Å². The number of benzene rings is 2. The van der Waals surface area contributed by atoms with Crippen LogP contribution in [-0.4, -0.2) is 23.2 Å². The fourth-order valence-electron chi connectivity index (χ4n) is 1.96. The van der Waals surface area contributed by atoms with E-state index in [4.69, 9.17) is 4.74 Å². The lowest BCUT2D eigenvalue weighted by molar-refractivity contribution is -0.139. The summed E-state index contributed by atoms with van der Waals surface area (Å²) in [7, 11) is 0. The van der Waals surface area contributed by atoms with Crippen LogP contribution in [0.25, 0.3) is 0 Å². The van der Waals surface area contributed by atoms with E-state index in [-0.39, 0.29) is 13.0 Å². The Balaban J connectivity index is 1.89. The third-order valence-corrected chi connectivity index (χ3v) is 3.68. The van der Waals surface area contributed by atoms with Crippen LogP contribution >= 0.6 is 15.9 Å². The predicted octanol–water partition coefficient (Wildman–Crippen LogP) is 3.37. The van der Waals surface area contributed by atoms with E-state index in [1.807, 2.05) is 42.5 Å². The van der Waals surface area contributed by atoms with Crippen molar-refractivity contribution in [3.63, 3.8) is 0 Å². The van der Waals surface area contributed by atoms with Crippen molar-refractivity contribution in [1.82, 2.24) is 5.32 Å². The maximum Gasteiger partial charge on any atom is 0.408 e. The van der Waals surface area contributed by atoms with Crippen LogP contribution in [0.4, 0.5) is 4.79 Å². The third-order valence-electron chi connectivity index (χ3n) is 3.16. The van der Waals surface area contributed by atoms with Gasteiger partial charge in [-0.1, -0.05) is 58.4 Å². The molecule has 1 atom stereocenters. The molecule has 0 aliphatic carbocycles. The van der Waals surface area contributed by atoms with E-state index in [2.05, 4.69) is 21.2 Å². The number of halogens is 1. The molecule has 0 spiro atoms. The first-order valence-electron chi connectivity index (χ1n) is 6.99. The average Bonchev–Trinajstić information content (AvgIpc) is 2.55. The molecule has 0 radical (unpaired) electrons. The number of hydrogen-bond acceptors (Lipinski definition) is 3. The van der Waals surface area contributed by atoms with E-state index in [9.17, 15) is 14.7 Å². The van der Waals surface area contributed by atoms with Crippen LogP contribution in [-0.2, 0) is 22.6 Å². The molecule has 0 aliphatic heterocycles. The van der Waals surface area contributed by atoms with Crippen molar-refractivity contribution in [2.75, 3.05) is 0 Å². The number of alkyl carbamates (subject to hydrolysis) is 1. The summed E-state index contributed by atoms with van der Waals surface area (Å²) in [5.74, 6) is -1.11. The quantitative estimate of drug-likeness (QED) is 0.808. The van der Waals surface area contributed by atoms with Gasteiger partial charge in [0.15, 0.2) is 0 Å². The molecular weight excluding hydrogens is 362 g/mol. The zero-order chi connectivity index (χ0) is 16.7. The summed E-state index contributed by atoms with van der Waals surface area (Å²) in [6.07, 6.45) is -0.568. The van der Waals surface area contributed by atoms with E-state index < -0.39 is 18.1 Å². The SMILES string of the molecule is O=C(N[C@H](Cc1ccc(Br)cc1)C(=O)O)OCc1ccccc1. The summed E-state index contributed by atoms with van der Waals surface area (Å²) in [4.78, 5) is 23.1. The Morgan fingerprint density at radius 3 is 2.30 bits per heavy atom. The maximum atomic E-state index is 11.8. The molecule has 1 amide bonds. The van der Waals surface area contributed by atoms with Gasteiger partial charge in [0.2, 0.25) is 0 Å². The molecule has 0 heterocycles. The van der Waals surface area contributed by atoms with Crippen molar-refractivity contribution in [2.24, 2.45) is 0 Å². The normalized spacial score (nSPS) is 11.5. The van der Waals surface area contributed by atoms with Crippen molar-refractivity contribution in [2.45, 2.75) is 19.1 Å². The minimum atomic E-state index is -1.11. The van der Waals surface area contributed by atoms with Gasteiger partial charge in [-0.3, -0.25) is 0 Å². The molecule has 120 valence electrons. The molecule has 0 unspecified atom stereocenters. The van der Waals surface area contributed by atoms with E-state index in [1.54, 1.807) is 12.1 Å². The highest BCUT2D eigenvalue weighted by molar-refractivity contribution is 9.10. The van der Waals surface area contributed by atoms with Gasteiger partial charge in [-0.2, -0.15) is 0 Å². The minimum absolute atomic E-state index is 0.0945. The molecule has 0 saturated heterocycles. The molecule has 2 aromatic carbocycles. The fraction of sp³-hybridized carbons (Fsp3) is 0.176. The number of rotatable bonds is 6. The van der Waals surface area contributed by atoms with Crippen LogP contribution in [0.1, 0.15) is 11.1 Å². The molecule has 0 fully saturated rings. The zero-order valence-electron chi connectivity index (χ0n) is 12.2. The molecule has 2 aromatic rings. The first kappa shape index (κ1) is 17.0. The second-order valence-electron chi connectivity index (χ2n) is 4.93. The summed E-state index contributed by atoms with van der Waals surface area (Å²) in [5, 5.41) is 11.6. The Labute approximate surface area is 142 Å². The van der Waals surface area contributed by atoms with E-state index in [0.717, 1.165) is 15.6 Å². The Morgan fingerprint density at radius 2 is 1.70 bits per heavy atom. The van der Waals surface area contributed by atoms with Crippen molar-refractivity contribution in [1.29, 1.82) is 0 Å². The van der Waals surface area contributed by atoms with E-state index >= 15 is 0 Å². The second kappa shape index (κ2) is 8.33. The first-order chi connectivity index (χ1) is 11.0. The van der Waals surface area contributed by atoms with Crippen LogP contribution < -0.4 is 5.32 Å². The molecule has 23 heavy (non-hydrogen) atoms. The molecule has 6 heteroatoms. The molecule has 0 aromatic heterocycles. The lowest BCUT2D eigenvalue weighted by Crippen LogP contribution is -2.42. The first-order valence-corrected chi connectivity index (χ1v) is 7.78. The van der Waals surface area contributed by atoms with Crippen LogP contribution in [0.15, 0.2) is 59.1 Å². The minimum Gasteiger partial charge on any atom is -0.480 e. The molecule has 2 N–H and O–H groups in total. The standard InChI is InChI=1S/C17H16BrNO4/c18-14-8-6-12(7-9-14)10-15(16(20)21)19-17(22)23-11-13-4-2-1-3-5-13/h1-9,15H,10-11H2,(H,19,22)(H,20,21)/t15-/m1/s1. The Bertz CT molecular complexity index is 658. The average molecular weight is 378 g/mol. The maximum absolute atomic E-state index is 11.8.